The molecule has 0 saturated heterocycles. The molecule has 0 aliphatic rings. The molecule has 2 atom stereocenters. The minimum atomic E-state index is 0.398. The zero-order valence-corrected chi connectivity index (χ0v) is 7.72. The van der Waals surface area contributed by atoms with E-state index in [9.17, 15) is 0 Å². The average molecular weight is 139 g/mol. The summed E-state index contributed by atoms with van der Waals surface area (Å²) in [6, 6.07) is 0.398. The van der Waals surface area contributed by atoms with E-state index in [0.29, 0.717) is 17.7 Å². The number of hydrogen-bond donors (Lipinski definition) is 1. The molecule has 58 valence electrons. The van der Waals surface area contributed by atoms with Crippen molar-refractivity contribution in [2.24, 2.45) is 5.73 Å². The summed E-state index contributed by atoms with van der Waals surface area (Å²) in [5.74, 6) is 1.35. The van der Waals surface area contributed by atoms with E-state index >= 15 is 0 Å². The molecule has 1 nitrogen and oxygen atoms in total. The van der Waals surface area contributed by atoms with Gasteiger partial charge in [-0.2, -0.15) is 0 Å². The Balaban J connectivity index is 3.69. The predicted octanol–water partition coefficient (Wildman–Crippen LogP) is -0.0231. The molecular formula is C7H19B2N. The summed E-state index contributed by atoms with van der Waals surface area (Å²) in [5, 5.41) is 0. The van der Waals surface area contributed by atoms with Gasteiger partial charge in [0.05, 0.1) is 0 Å². The lowest BCUT2D eigenvalue weighted by atomic mass is 9.67. The summed E-state index contributed by atoms with van der Waals surface area (Å²) >= 11 is 0. The summed E-state index contributed by atoms with van der Waals surface area (Å²) in [7, 11) is 4.47. The Bertz CT molecular complexity index is 77.7. The van der Waals surface area contributed by atoms with Crippen molar-refractivity contribution < 1.29 is 0 Å². The van der Waals surface area contributed by atoms with E-state index < -0.39 is 0 Å². The summed E-state index contributed by atoms with van der Waals surface area (Å²) in [6.07, 6.45) is 2.40. The van der Waals surface area contributed by atoms with E-state index in [2.05, 4.69) is 29.5 Å². The highest BCUT2D eigenvalue weighted by Gasteiger charge is 2.15. The van der Waals surface area contributed by atoms with Crippen LogP contribution in [0.25, 0.3) is 0 Å². The highest BCUT2D eigenvalue weighted by atomic mass is 14.6. The highest BCUT2D eigenvalue weighted by molar-refractivity contribution is 6.15. The van der Waals surface area contributed by atoms with Crippen LogP contribution >= 0.6 is 0 Å². The summed E-state index contributed by atoms with van der Waals surface area (Å²) in [5.41, 5.74) is 5.98. The first-order chi connectivity index (χ1) is 4.63. The Morgan fingerprint density at radius 2 is 1.40 bits per heavy atom. The van der Waals surface area contributed by atoms with Gasteiger partial charge in [0.25, 0.3) is 0 Å². The quantitative estimate of drug-likeness (QED) is 0.544. The fourth-order valence-electron chi connectivity index (χ4n) is 1.11. The van der Waals surface area contributed by atoms with Crippen LogP contribution in [0.5, 0.6) is 0 Å². The van der Waals surface area contributed by atoms with Crippen LogP contribution in [-0.4, -0.2) is 21.7 Å². The van der Waals surface area contributed by atoms with E-state index in [1.165, 1.54) is 12.8 Å². The molecule has 0 aliphatic carbocycles. The summed E-state index contributed by atoms with van der Waals surface area (Å²) < 4.78 is 0. The van der Waals surface area contributed by atoms with Crippen LogP contribution in [0.3, 0.4) is 0 Å². The molecule has 2 unspecified atom stereocenters. The van der Waals surface area contributed by atoms with Crippen molar-refractivity contribution >= 4 is 15.7 Å². The second-order valence-corrected chi connectivity index (χ2v) is 3.35. The smallest absolute Gasteiger partial charge is 0.107 e. The maximum absolute atomic E-state index is 5.98. The van der Waals surface area contributed by atoms with Gasteiger partial charge in [0.2, 0.25) is 0 Å². The van der Waals surface area contributed by atoms with Gasteiger partial charge in [-0.1, -0.05) is 38.3 Å². The molecule has 0 spiro atoms. The maximum Gasteiger partial charge on any atom is 0.107 e. The largest absolute Gasteiger partial charge is 0.329 e. The zero-order chi connectivity index (χ0) is 8.15. The first-order valence-electron chi connectivity index (χ1n) is 4.39. The van der Waals surface area contributed by atoms with E-state index in [0.717, 1.165) is 0 Å². The molecule has 2 N–H and O–H groups in total. The lowest BCUT2D eigenvalue weighted by molar-refractivity contribution is 0.553. The third-order valence-corrected chi connectivity index (χ3v) is 2.60. The van der Waals surface area contributed by atoms with Gasteiger partial charge in [-0.15, -0.1) is 0 Å². The van der Waals surface area contributed by atoms with Crippen LogP contribution in [0.1, 0.15) is 26.7 Å². The van der Waals surface area contributed by atoms with Gasteiger partial charge >= 0.3 is 0 Å². The predicted molar refractivity (Wildman–Crippen MR) is 53.1 cm³/mol. The number of hydrogen-bond acceptors (Lipinski definition) is 1. The molecule has 0 radical (unpaired) electrons. The van der Waals surface area contributed by atoms with Crippen LogP contribution in [0.15, 0.2) is 0 Å². The molecule has 0 bridgehead atoms. The Hall–Kier alpha value is 0.0899. The second kappa shape index (κ2) is 4.84. The molecule has 0 saturated carbocycles. The van der Waals surface area contributed by atoms with Crippen molar-refractivity contribution in [1.82, 2.24) is 0 Å². The first-order valence-corrected chi connectivity index (χ1v) is 4.39. The number of rotatable bonds is 4. The van der Waals surface area contributed by atoms with E-state index in [-0.39, 0.29) is 0 Å². The van der Waals surface area contributed by atoms with Gasteiger partial charge in [0.1, 0.15) is 15.7 Å². The zero-order valence-electron chi connectivity index (χ0n) is 7.72. The second-order valence-electron chi connectivity index (χ2n) is 3.35. The minimum Gasteiger partial charge on any atom is -0.329 e. The van der Waals surface area contributed by atoms with Crippen LogP contribution in [0.4, 0.5) is 0 Å². The molecule has 0 aromatic carbocycles. The SMILES string of the molecule is BC(CC)C(N)C(B)CC. The van der Waals surface area contributed by atoms with Gasteiger partial charge in [-0.05, 0) is 6.04 Å². The molecular weight excluding hydrogens is 120 g/mol. The van der Waals surface area contributed by atoms with Crippen molar-refractivity contribution in [3.05, 3.63) is 0 Å². The molecule has 0 heterocycles. The Labute approximate surface area is 66.6 Å². The van der Waals surface area contributed by atoms with Crippen LogP contribution in [-0.2, 0) is 0 Å². The molecule has 0 aromatic heterocycles. The average Bonchev–Trinajstić information content (AvgIpc) is 2.00. The van der Waals surface area contributed by atoms with Gasteiger partial charge in [-0.3, -0.25) is 0 Å². The van der Waals surface area contributed by atoms with E-state index in [1.807, 2.05) is 0 Å². The van der Waals surface area contributed by atoms with Crippen LogP contribution in [0.2, 0.25) is 11.6 Å². The first kappa shape index (κ1) is 10.1. The Morgan fingerprint density at radius 3 is 1.60 bits per heavy atom. The van der Waals surface area contributed by atoms with Crippen molar-refractivity contribution in [2.45, 2.75) is 44.4 Å². The summed E-state index contributed by atoms with van der Waals surface area (Å²) in [4.78, 5) is 0. The molecule has 0 rings (SSSR count). The lowest BCUT2D eigenvalue weighted by Gasteiger charge is -2.24. The molecule has 10 heavy (non-hydrogen) atoms. The monoisotopic (exact) mass is 139 g/mol. The topological polar surface area (TPSA) is 26.0 Å². The molecule has 0 aliphatic heterocycles. The fraction of sp³-hybridized carbons (Fsp3) is 1.00. The third kappa shape index (κ3) is 2.78. The molecule has 0 aromatic rings. The lowest BCUT2D eigenvalue weighted by Crippen LogP contribution is -2.30. The fourth-order valence-corrected chi connectivity index (χ4v) is 1.11. The number of nitrogens with two attached hydrogens (primary N) is 1. The molecule has 0 fully saturated rings. The Kier molecular flexibility index (Phi) is 4.88. The molecule has 0 amide bonds. The maximum atomic E-state index is 5.98. The minimum absolute atomic E-state index is 0.398. The van der Waals surface area contributed by atoms with Crippen LogP contribution < -0.4 is 5.73 Å². The van der Waals surface area contributed by atoms with Crippen molar-refractivity contribution in [2.75, 3.05) is 0 Å². The van der Waals surface area contributed by atoms with Gasteiger partial charge < -0.3 is 5.73 Å². The van der Waals surface area contributed by atoms with Crippen molar-refractivity contribution in [3.8, 4) is 0 Å². The third-order valence-electron chi connectivity index (χ3n) is 2.60. The standard InChI is InChI=1S/C7H19B2N/c1-3-5(8)7(10)6(9)4-2/h5-7H,3-4,8-10H2,1-2H3. The van der Waals surface area contributed by atoms with Crippen LogP contribution in [0, 0.1) is 0 Å². The molecule has 3 heteroatoms. The van der Waals surface area contributed by atoms with Crippen molar-refractivity contribution in [1.29, 1.82) is 0 Å². The van der Waals surface area contributed by atoms with Gasteiger partial charge in [0, 0.05) is 0 Å². The van der Waals surface area contributed by atoms with E-state index in [4.69, 9.17) is 5.73 Å². The van der Waals surface area contributed by atoms with E-state index in [1.54, 1.807) is 0 Å². The van der Waals surface area contributed by atoms with Gasteiger partial charge in [0.15, 0.2) is 0 Å². The highest BCUT2D eigenvalue weighted by Crippen LogP contribution is 2.20. The summed E-state index contributed by atoms with van der Waals surface area (Å²) in [6.45, 7) is 4.40. The van der Waals surface area contributed by atoms with Gasteiger partial charge in [-0.25, -0.2) is 0 Å². The van der Waals surface area contributed by atoms with Crippen molar-refractivity contribution in [3.63, 3.8) is 0 Å². The Morgan fingerprint density at radius 1 is 1.10 bits per heavy atom. The normalized spacial score (nSPS) is 19.9.